The number of nitrogens with zero attached hydrogens (tertiary/aromatic N) is 3. The summed E-state index contributed by atoms with van der Waals surface area (Å²) in [5, 5.41) is 2.49. The van der Waals surface area contributed by atoms with E-state index in [1.54, 1.807) is 23.4 Å². The molecule has 2 amide bonds. The number of hydrogen-bond donors (Lipinski definition) is 1. The standard InChI is InChI=1S/C12H16N4O3/c1-9(17)15-7-11(18)16-6-3-10(8-16)19-12-13-4-2-5-14-12/h2,4-5,10H,3,6-8H2,1H3,(H,15,17). The number of nitrogens with one attached hydrogen (secondary N) is 1. The van der Waals surface area contributed by atoms with Crippen LogP contribution in [0.4, 0.5) is 0 Å². The Morgan fingerprint density at radius 3 is 2.89 bits per heavy atom. The molecule has 1 aromatic heterocycles. The first kappa shape index (κ1) is 13.3. The quantitative estimate of drug-likeness (QED) is 0.799. The van der Waals surface area contributed by atoms with E-state index in [1.165, 1.54) is 6.92 Å². The van der Waals surface area contributed by atoms with Gasteiger partial charge in [-0.05, 0) is 6.07 Å². The van der Waals surface area contributed by atoms with Gasteiger partial charge in [0.1, 0.15) is 6.10 Å². The van der Waals surface area contributed by atoms with Crippen LogP contribution in [0.1, 0.15) is 13.3 Å². The largest absolute Gasteiger partial charge is 0.458 e. The number of rotatable bonds is 4. The molecule has 2 rings (SSSR count). The third-order valence-corrected chi connectivity index (χ3v) is 2.80. The number of carbonyl (C=O) groups excluding carboxylic acids is 2. The van der Waals surface area contributed by atoms with Crippen molar-refractivity contribution < 1.29 is 14.3 Å². The van der Waals surface area contributed by atoms with Gasteiger partial charge in [0.15, 0.2) is 0 Å². The van der Waals surface area contributed by atoms with Gasteiger partial charge in [0.2, 0.25) is 11.8 Å². The predicted molar refractivity (Wildman–Crippen MR) is 66.3 cm³/mol. The summed E-state index contributed by atoms with van der Waals surface area (Å²) in [6, 6.07) is 2.04. The molecule has 0 aromatic carbocycles. The fourth-order valence-electron chi connectivity index (χ4n) is 1.86. The van der Waals surface area contributed by atoms with Crippen LogP contribution in [0.3, 0.4) is 0 Å². The lowest BCUT2D eigenvalue weighted by atomic mass is 10.3. The van der Waals surface area contributed by atoms with Crippen molar-refractivity contribution in [2.75, 3.05) is 19.6 Å². The Morgan fingerprint density at radius 1 is 1.47 bits per heavy atom. The Labute approximate surface area is 111 Å². The van der Waals surface area contributed by atoms with Gasteiger partial charge in [-0.25, -0.2) is 9.97 Å². The molecule has 7 nitrogen and oxygen atoms in total. The molecule has 1 saturated heterocycles. The maximum absolute atomic E-state index is 11.8. The van der Waals surface area contributed by atoms with E-state index in [9.17, 15) is 9.59 Å². The fourth-order valence-corrected chi connectivity index (χ4v) is 1.86. The first-order valence-electron chi connectivity index (χ1n) is 6.11. The molecule has 1 aliphatic heterocycles. The lowest BCUT2D eigenvalue weighted by Crippen LogP contribution is -2.39. The highest BCUT2D eigenvalue weighted by Crippen LogP contribution is 2.14. The summed E-state index contributed by atoms with van der Waals surface area (Å²) in [4.78, 5) is 32.1. The van der Waals surface area contributed by atoms with Gasteiger partial charge < -0.3 is 15.0 Å². The zero-order valence-electron chi connectivity index (χ0n) is 10.7. The maximum atomic E-state index is 11.8. The molecule has 0 aliphatic carbocycles. The van der Waals surface area contributed by atoms with Gasteiger partial charge >= 0.3 is 6.01 Å². The van der Waals surface area contributed by atoms with Crippen LogP contribution in [0, 0.1) is 0 Å². The Kier molecular flexibility index (Phi) is 4.27. The lowest BCUT2D eigenvalue weighted by Gasteiger charge is -2.16. The topological polar surface area (TPSA) is 84.4 Å². The molecule has 19 heavy (non-hydrogen) atoms. The molecular formula is C12H16N4O3. The second-order valence-electron chi connectivity index (χ2n) is 4.31. The molecular weight excluding hydrogens is 248 g/mol. The van der Waals surface area contributed by atoms with Gasteiger partial charge in [0, 0.05) is 32.3 Å². The van der Waals surface area contributed by atoms with E-state index in [2.05, 4.69) is 15.3 Å². The normalized spacial score (nSPS) is 18.2. The van der Waals surface area contributed by atoms with Crippen LogP contribution in [0.15, 0.2) is 18.5 Å². The molecule has 1 fully saturated rings. The SMILES string of the molecule is CC(=O)NCC(=O)N1CCC(Oc2ncccn2)C1. The van der Waals surface area contributed by atoms with E-state index in [0.29, 0.717) is 19.1 Å². The molecule has 0 radical (unpaired) electrons. The van der Waals surface area contributed by atoms with Crippen molar-refractivity contribution in [1.29, 1.82) is 0 Å². The minimum absolute atomic E-state index is 0.0316. The van der Waals surface area contributed by atoms with Gasteiger partial charge in [0.05, 0.1) is 13.1 Å². The number of ether oxygens (including phenoxy) is 1. The molecule has 0 saturated carbocycles. The molecule has 1 unspecified atom stereocenters. The summed E-state index contributed by atoms with van der Waals surface area (Å²) in [6.07, 6.45) is 3.86. The van der Waals surface area contributed by atoms with Crippen LogP contribution in [-0.2, 0) is 9.59 Å². The molecule has 1 aliphatic rings. The van der Waals surface area contributed by atoms with Crippen LogP contribution >= 0.6 is 0 Å². The van der Waals surface area contributed by atoms with Crippen molar-refractivity contribution in [2.24, 2.45) is 0 Å². The van der Waals surface area contributed by atoms with Crippen LogP contribution in [0.25, 0.3) is 0 Å². The minimum atomic E-state index is -0.210. The molecule has 0 bridgehead atoms. The summed E-state index contributed by atoms with van der Waals surface area (Å²) in [6.45, 7) is 2.53. The lowest BCUT2D eigenvalue weighted by molar-refractivity contribution is -0.131. The van der Waals surface area contributed by atoms with Crippen molar-refractivity contribution in [3.05, 3.63) is 18.5 Å². The van der Waals surface area contributed by atoms with E-state index >= 15 is 0 Å². The number of amides is 2. The highest BCUT2D eigenvalue weighted by atomic mass is 16.5. The molecule has 0 spiro atoms. The van der Waals surface area contributed by atoms with Gasteiger partial charge in [0.25, 0.3) is 0 Å². The molecule has 1 atom stereocenters. The summed E-state index contributed by atoms with van der Waals surface area (Å²) in [5.74, 6) is -0.312. The maximum Gasteiger partial charge on any atom is 0.316 e. The van der Waals surface area contributed by atoms with Crippen molar-refractivity contribution in [3.63, 3.8) is 0 Å². The zero-order chi connectivity index (χ0) is 13.7. The Hall–Kier alpha value is -2.18. The Balaban J connectivity index is 1.80. The van der Waals surface area contributed by atoms with Crippen LogP contribution in [0.5, 0.6) is 6.01 Å². The number of hydrogen-bond acceptors (Lipinski definition) is 5. The first-order chi connectivity index (χ1) is 9.15. The Morgan fingerprint density at radius 2 is 2.21 bits per heavy atom. The summed E-state index contributed by atoms with van der Waals surface area (Å²) in [5.41, 5.74) is 0. The fraction of sp³-hybridized carbons (Fsp3) is 0.500. The number of likely N-dealkylation sites (tertiary alicyclic amines) is 1. The zero-order valence-corrected chi connectivity index (χ0v) is 10.7. The van der Waals surface area contributed by atoms with Crippen LogP contribution < -0.4 is 10.1 Å². The van der Waals surface area contributed by atoms with E-state index in [4.69, 9.17) is 4.74 Å². The highest BCUT2D eigenvalue weighted by Gasteiger charge is 2.27. The molecule has 1 N–H and O–H groups in total. The highest BCUT2D eigenvalue weighted by molar-refractivity contribution is 5.83. The van der Waals surface area contributed by atoms with Gasteiger partial charge in [-0.1, -0.05) is 0 Å². The monoisotopic (exact) mass is 264 g/mol. The second kappa shape index (κ2) is 6.12. The average Bonchev–Trinajstić information content (AvgIpc) is 2.85. The van der Waals surface area contributed by atoms with Crippen LogP contribution in [0.2, 0.25) is 0 Å². The van der Waals surface area contributed by atoms with Crippen molar-refractivity contribution in [2.45, 2.75) is 19.4 Å². The average molecular weight is 264 g/mol. The molecule has 1 aromatic rings. The van der Waals surface area contributed by atoms with Crippen molar-refractivity contribution >= 4 is 11.8 Å². The van der Waals surface area contributed by atoms with Crippen LogP contribution in [-0.4, -0.2) is 52.4 Å². The summed E-state index contributed by atoms with van der Waals surface area (Å²) >= 11 is 0. The minimum Gasteiger partial charge on any atom is -0.458 e. The van der Waals surface area contributed by atoms with E-state index in [-0.39, 0.29) is 24.5 Å². The van der Waals surface area contributed by atoms with E-state index in [0.717, 1.165) is 6.42 Å². The Bertz CT molecular complexity index is 452. The van der Waals surface area contributed by atoms with Gasteiger partial charge in [-0.2, -0.15) is 0 Å². The molecule has 102 valence electrons. The van der Waals surface area contributed by atoms with E-state index < -0.39 is 0 Å². The van der Waals surface area contributed by atoms with Gasteiger partial charge in [-0.3, -0.25) is 9.59 Å². The summed E-state index contributed by atoms with van der Waals surface area (Å²) < 4.78 is 5.58. The molecule has 2 heterocycles. The number of aromatic nitrogens is 2. The first-order valence-corrected chi connectivity index (χ1v) is 6.11. The second-order valence-corrected chi connectivity index (χ2v) is 4.31. The van der Waals surface area contributed by atoms with Crippen molar-refractivity contribution in [3.8, 4) is 6.01 Å². The third-order valence-electron chi connectivity index (χ3n) is 2.80. The summed E-state index contributed by atoms with van der Waals surface area (Å²) in [7, 11) is 0. The smallest absolute Gasteiger partial charge is 0.316 e. The van der Waals surface area contributed by atoms with E-state index in [1.807, 2.05) is 0 Å². The third kappa shape index (κ3) is 3.90. The van der Waals surface area contributed by atoms with Gasteiger partial charge in [-0.15, -0.1) is 0 Å². The van der Waals surface area contributed by atoms with Crippen molar-refractivity contribution in [1.82, 2.24) is 20.2 Å². The molecule has 7 heteroatoms. The predicted octanol–water partition coefficient (Wildman–Crippen LogP) is -0.408. The number of carbonyl (C=O) groups is 2.